The molecule has 0 saturated carbocycles. The van der Waals surface area contributed by atoms with Crippen molar-refractivity contribution >= 4 is 38.6 Å². The lowest BCUT2D eigenvalue weighted by Crippen LogP contribution is -2.57. The van der Waals surface area contributed by atoms with Gasteiger partial charge < -0.3 is 10.2 Å². The van der Waals surface area contributed by atoms with Gasteiger partial charge in [-0.1, -0.05) is 24.4 Å². The minimum atomic E-state index is -1.25. The van der Waals surface area contributed by atoms with Gasteiger partial charge in [0.25, 0.3) is 0 Å². The van der Waals surface area contributed by atoms with Crippen LogP contribution in [0, 0.1) is 11.3 Å². The van der Waals surface area contributed by atoms with Crippen molar-refractivity contribution in [2.24, 2.45) is 0 Å². The minimum Gasteiger partial charge on any atom is -0.387 e. The Bertz CT molecular complexity index is 784. The van der Waals surface area contributed by atoms with E-state index >= 15 is 0 Å². The largest absolute Gasteiger partial charge is 0.387 e. The summed E-state index contributed by atoms with van der Waals surface area (Å²) in [6.45, 7) is 11.2. The average molecular weight is 345 g/mol. The second kappa shape index (κ2) is 6.54. The number of rotatable bonds is 4. The van der Waals surface area contributed by atoms with E-state index in [0.29, 0.717) is 5.56 Å². The Hall–Kier alpha value is -1.90. The second-order valence-electron chi connectivity index (χ2n) is 7.05. The second-order valence-corrected chi connectivity index (χ2v) is 9.93. The van der Waals surface area contributed by atoms with E-state index in [2.05, 4.69) is 59.0 Å². The van der Waals surface area contributed by atoms with Gasteiger partial charge in [0, 0.05) is 43.5 Å². The maximum atomic E-state index is 9.32. The standard InChI is InChI=1S/C19H28N4S/c1-8-16-17(10-9-15(13-20)18(16)21-4)22-11-12-23(24(5,6)7)19(2,3)14-22/h8-10,21H,1,5-6,11-12,14H2,2-4,7H3. The van der Waals surface area contributed by atoms with Crippen LogP contribution in [0.25, 0.3) is 6.08 Å². The van der Waals surface area contributed by atoms with E-state index in [1.807, 2.05) is 25.3 Å². The number of hydrogen-bond donors (Lipinski definition) is 1. The maximum absolute atomic E-state index is 9.32. The predicted molar refractivity (Wildman–Crippen MR) is 112 cm³/mol. The summed E-state index contributed by atoms with van der Waals surface area (Å²) >= 11 is 0. The fourth-order valence-corrected chi connectivity index (χ4v) is 5.39. The monoisotopic (exact) mass is 344 g/mol. The summed E-state index contributed by atoms with van der Waals surface area (Å²) in [5.41, 5.74) is 3.57. The lowest BCUT2D eigenvalue weighted by Gasteiger charge is -2.50. The molecule has 0 radical (unpaired) electrons. The van der Waals surface area contributed by atoms with Crippen molar-refractivity contribution in [1.82, 2.24) is 4.31 Å². The van der Waals surface area contributed by atoms with Crippen LogP contribution in [0.4, 0.5) is 11.4 Å². The molecule has 1 fully saturated rings. The van der Waals surface area contributed by atoms with Gasteiger partial charge >= 0.3 is 0 Å². The molecule has 0 bridgehead atoms. The van der Waals surface area contributed by atoms with Gasteiger partial charge in [0.15, 0.2) is 0 Å². The fourth-order valence-electron chi connectivity index (χ4n) is 3.62. The van der Waals surface area contributed by atoms with Crippen LogP contribution < -0.4 is 10.2 Å². The molecule has 0 spiro atoms. The van der Waals surface area contributed by atoms with E-state index in [0.717, 1.165) is 36.6 Å². The van der Waals surface area contributed by atoms with Crippen LogP contribution in [0.3, 0.4) is 0 Å². The van der Waals surface area contributed by atoms with E-state index in [4.69, 9.17) is 0 Å². The van der Waals surface area contributed by atoms with Gasteiger partial charge in [0.2, 0.25) is 0 Å². The van der Waals surface area contributed by atoms with Crippen LogP contribution in [0.1, 0.15) is 25.0 Å². The molecule has 1 heterocycles. The van der Waals surface area contributed by atoms with Gasteiger partial charge in [-0.05, 0) is 32.2 Å². The van der Waals surface area contributed by atoms with Crippen LogP contribution in [0.5, 0.6) is 0 Å². The summed E-state index contributed by atoms with van der Waals surface area (Å²) in [5.74, 6) is 8.58. The molecule has 1 aromatic rings. The molecule has 4 nitrogen and oxygen atoms in total. The van der Waals surface area contributed by atoms with Crippen molar-refractivity contribution in [2.45, 2.75) is 19.4 Å². The summed E-state index contributed by atoms with van der Waals surface area (Å²) in [6.07, 6.45) is 3.97. The zero-order chi connectivity index (χ0) is 18.1. The Balaban J connectivity index is 2.45. The smallest absolute Gasteiger partial charge is 0.101 e. The molecule has 1 N–H and O–H groups in total. The third-order valence-electron chi connectivity index (χ3n) is 4.50. The first-order valence-electron chi connectivity index (χ1n) is 8.00. The van der Waals surface area contributed by atoms with E-state index in [-0.39, 0.29) is 5.54 Å². The molecule has 1 aliphatic heterocycles. The van der Waals surface area contributed by atoms with Crippen molar-refractivity contribution in [3.8, 4) is 6.07 Å². The summed E-state index contributed by atoms with van der Waals surface area (Å²) in [6, 6.07) is 6.16. The summed E-state index contributed by atoms with van der Waals surface area (Å²) < 4.78 is 2.44. The molecular formula is C19H28N4S. The van der Waals surface area contributed by atoms with Crippen LogP contribution in [0.2, 0.25) is 0 Å². The Morgan fingerprint density at radius 3 is 2.46 bits per heavy atom. The molecule has 130 valence electrons. The van der Waals surface area contributed by atoms with Crippen LogP contribution in [-0.2, 0) is 0 Å². The van der Waals surface area contributed by atoms with Crippen molar-refractivity contribution in [1.29, 1.82) is 5.26 Å². The lowest BCUT2D eigenvalue weighted by atomic mass is 9.98. The van der Waals surface area contributed by atoms with Gasteiger partial charge in [-0.2, -0.15) is 14.7 Å². The van der Waals surface area contributed by atoms with Crippen molar-refractivity contribution in [3.05, 3.63) is 29.8 Å². The normalized spacial score (nSPS) is 18.0. The Morgan fingerprint density at radius 2 is 2.00 bits per heavy atom. The highest BCUT2D eigenvalue weighted by molar-refractivity contribution is 8.25. The van der Waals surface area contributed by atoms with E-state index in [1.165, 1.54) is 0 Å². The highest BCUT2D eigenvalue weighted by Crippen LogP contribution is 2.38. The molecule has 0 aliphatic carbocycles. The number of benzene rings is 1. The van der Waals surface area contributed by atoms with E-state index in [9.17, 15) is 5.26 Å². The quantitative estimate of drug-likeness (QED) is 0.851. The van der Waals surface area contributed by atoms with Gasteiger partial charge in [-0.3, -0.25) is 4.31 Å². The molecule has 24 heavy (non-hydrogen) atoms. The van der Waals surface area contributed by atoms with Crippen molar-refractivity contribution in [3.63, 3.8) is 0 Å². The zero-order valence-corrected chi connectivity index (χ0v) is 16.0. The molecule has 0 unspecified atom stereocenters. The molecule has 0 aromatic heterocycles. The number of anilines is 2. The predicted octanol–water partition coefficient (Wildman–Crippen LogP) is 3.36. The number of nitrogens with zero attached hydrogens (tertiary/aromatic N) is 3. The van der Waals surface area contributed by atoms with Crippen LogP contribution in [0.15, 0.2) is 18.7 Å². The third kappa shape index (κ3) is 3.31. The molecule has 0 amide bonds. The molecule has 5 heteroatoms. The number of nitrogens with one attached hydrogen (secondary N) is 1. The van der Waals surface area contributed by atoms with Crippen LogP contribution in [-0.4, -0.2) is 54.5 Å². The highest BCUT2D eigenvalue weighted by Gasteiger charge is 2.35. The molecule has 1 saturated heterocycles. The van der Waals surface area contributed by atoms with E-state index in [1.54, 1.807) is 0 Å². The first-order valence-corrected chi connectivity index (χ1v) is 10.3. The number of hydrogen-bond acceptors (Lipinski definition) is 4. The highest BCUT2D eigenvalue weighted by atomic mass is 32.2. The summed E-state index contributed by atoms with van der Waals surface area (Å²) in [7, 11) is 0.595. The average Bonchev–Trinajstić information content (AvgIpc) is 2.50. The van der Waals surface area contributed by atoms with Gasteiger partial charge in [-0.15, -0.1) is 0 Å². The van der Waals surface area contributed by atoms with Crippen molar-refractivity contribution < 1.29 is 0 Å². The van der Waals surface area contributed by atoms with Crippen LogP contribution >= 0.6 is 9.39 Å². The maximum Gasteiger partial charge on any atom is 0.101 e. The minimum absolute atomic E-state index is 0.0159. The Morgan fingerprint density at radius 1 is 1.33 bits per heavy atom. The first kappa shape index (κ1) is 18.4. The number of piperazine rings is 1. The Kier molecular flexibility index (Phi) is 5.03. The molecule has 1 aromatic carbocycles. The summed E-state index contributed by atoms with van der Waals surface area (Å²) in [4.78, 5) is 2.38. The van der Waals surface area contributed by atoms with Gasteiger partial charge in [0.05, 0.1) is 11.3 Å². The van der Waals surface area contributed by atoms with Gasteiger partial charge in [0.1, 0.15) is 6.07 Å². The third-order valence-corrected chi connectivity index (χ3v) is 6.24. The zero-order valence-electron chi connectivity index (χ0n) is 15.2. The molecule has 1 aliphatic rings. The first-order chi connectivity index (χ1) is 11.2. The van der Waals surface area contributed by atoms with Gasteiger partial charge in [-0.25, -0.2) is 0 Å². The fraction of sp³-hybridized carbons (Fsp3) is 0.421. The molecule has 0 atom stereocenters. The SMILES string of the molecule is C=Cc1c(N2CCN(S(=C)(=C)C)C(C)(C)C2)ccc(C#N)c1NC. The Labute approximate surface area is 147 Å². The lowest BCUT2D eigenvalue weighted by molar-refractivity contribution is 0.223. The summed E-state index contributed by atoms with van der Waals surface area (Å²) in [5, 5.41) is 12.5. The molecular weight excluding hydrogens is 316 g/mol. The van der Waals surface area contributed by atoms with Crippen molar-refractivity contribution in [2.75, 3.05) is 43.2 Å². The van der Waals surface area contributed by atoms with E-state index < -0.39 is 9.39 Å². The molecule has 2 rings (SSSR count). The number of nitriles is 1. The topological polar surface area (TPSA) is 42.3 Å².